The van der Waals surface area contributed by atoms with Gasteiger partial charge in [0.2, 0.25) is 0 Å². The molecule has 2 nitrogen and oxygen atoms in total. The molecule has 1 aromatic carbocycles. The Balaban J connectivity index is 1.77. The monoisotopic (exact) mass is 287 g/mol. The Morgan fingerprint density at radius 1 is 1.14 bits per heavy atom. The number of benzene rings is 1. The number of fused-ring (bicyclic) bond motifs is 1. The molecule has 0 aliphatic heterocycles. The van der Waals surface area contributed by atoms with Crippen LogP contribution in [-0.2, 0) is 0 Å². The molecule has 0 bridgehead atoms. The maximum absolute atomic E-state index is 10.3. The highest BCUT2D eigenvalue weighted by Crippen LogP contribution is 2.47. The fourth-order valence-electron chi connectivity index (χ4n) is 4.35. The summed E-state index contributed by atoms with van der Waals surface area (Å²) in [5.41, 5.74) is 4.39. The van der Waals surface area contributed by atoms with Gasteiger partial charge in [0.15, 0.2) is 0 Å². The van der Waals surface area contributed by atoms with E-state index in [0.29, 0.717) is 29.2 Å². The molecule has 0 heterocycles. The summed E-state index contributed by atoms with van der Waals surface area (Å²) in [6.07, 6.45) is 6.26. The predicted octanol–water partition coefficient (Wildman–Crippen LogP) is 4.81. The highest BCUT2D eigenvalue weighted by Gasteiger charge is 2.35. The summed E-state index contributed by atoms with van der Waals surface area (Å²) in [6, 6.07) is 4.86. The number of rotatable bonds is 2. The average molecular weight is 287 g/mol. The third kappa shape index (κ3) is 2.83. The zero-order valence-electron chi connectivity index (χ0n) is 13.9. The molecule has 0 radical (unpaired) electrons. The molecule has 2 N–H and O–H groups in total. The molecule has 1 fully saturated rings. The van der Waals surface area contributed by atoms with Gasteiger partial charge in [-0.2, -0.15) is 0 Å². The van der Waals surface area contributed by atoms with E-state index in [0.717, 1.165) is 6.42 Å². The van der Waals surface area contributed by atoms with E-state index in [9.17, 15) is 5.11 Å². The quantitative estimate of drug-likeness (QED) is 0.818. The largest absolute Gasteiger partial charge is 0.508 e. The summed E-state index contributed by atoms with van der Waals surface area (Å²) in [6.45, 7) is 9.22. The van der Waals surface area contributed by atoms with Crippen LogP contribution in [0.4, 0.5) is 0 Å². The molecule has 1 saturated carbocycles. The highest BCUT2D eigenvalue weighted by atomic mass is 16.3. The van der Waals surface area contributed by atoms with Gasteiger partial charge in [0.05, 0.1) is 0 Å². The van der Waals surface area contributed by atoms with Crippen molar-refractivity contribution in [3.05, 3.63) is 28.8 Å². The van der Waals surface area contributed by atoms with Crippen LogP contribution in [0.25, 0.3) is 0 Å². The van der Waals surface area contributed by atoms with Crippen molar-refractivity contribution in [2.24, 2.45) is 5.41 Å². The number of phenolic OH excluding ortho intramolecular Hbond substituents is 1. The van der Waals surface area contributed by atoms with Gasteiger partial charge >= 0.3 is 0 Å². The van der Waals surface area contributed by atoms with Gasteiger partial charge in [0.25, 0.3) is 0 Å². The molecule has 2 atom stereocenters. The first-order valence-corrected chi connectivity index (χ1v) is 8.46. The van der Waals surface area contributed by atoms with Crippen LogP contribution in [0.2, 0.25) is 0 Å². The molecule has 2 heteroatoms. The minimum absolute atomic E-state index is 0.334. The standard InChI is InChI=1S/C19H29NO/c1-12-5-6-16(21)18-15(11-13(2)17(12)18)20-14-7-9-19(3,4)10-8-14/h5-6,13-15,20-21H,7-11H2,1-4H3. The fourth-order valence-corrected chi connectivity index (χ4v) is 4.35. The van der Waals surface area contributed by atoms with Crippen LogP contribution >= 0.6 is 0 Å². The van der Waals surface area contributed by atoms with Crippen molar-refractivity contribution >= 4 is 0 Å². The predicted molar refractivity (Wildman–Crippen MR) is 87.8 cm³/mol. The average Bonchev–Trinajstić information content (AvgIpc) is 2.75. The molecule has 2 unspecified atom stereocenters. The van der Waals surface area contributed by atoms with Gasteiger partial charge in [-0.05, 0) is 67.6 Å². The van der Waals surface area contributed by atoms with Crippen LogP contribution in [0, 0.1) is 12.3 Å². The van der Waals surface area contributed by atoms with Gasteiger partial charge < -0.3 is 10.4 Å². The number of hydrogen-bond donors (Lipinski definition) is 2. The second kappa shape index (κ2) is 5.31. The normalized spacial score (nSPS) is 28.6. The molecule has 0 amide bonds. The van der Waals surface area contributed by atoms with E-state index in [1.807, 2.05) is 6.07 Å². The molecule has 0 aromatic heterocycles. The summed E-state index contributed by atoms with van der Waals surface area (Å²) < 4.78 is 0. The van der Waals surface area contributed by atoms with Crippen LogP contribution in [-0.4, -0.2) is 11.1 Å². The van der Waals surface area contributed by atoms with Gasteiger partial charge in [0, 0.05) is 17.6 Å². The third-order valence-corrected chi connectivity index (χ3v) is 5.69. The highest BCUT2D eigenvalue weighted by molar-refractivity contribution is 5.50. The van der Waals surface area contributed by atoms with Gasteiger partial charge in [-0.3, -0.25) is 0 Å². The maximum atomic E-state index is 10.3. The summed E-state index contributed by atoms with van der Waals surface area (Å²) in [5.74, 6) is 1.03. The van der Waals surface area contributed by atoms with Gasteiger partial charge in [0.1, 0.15) is 5.75 Å². The van der Waals surface area contributed by atoms with Crippen molar-refractivity contribution in [1.82, 2.24) is 5.32 Å². The Labute approximate surface area is 129 Å². The number of hydrogen-bond acceptors (Lipinski definition) is 2. The lowest BCUT2D eigenvalue weighted by molar-refractivity contribution is 0.197. The molecular formula is C19H29NO. The van der Waals surface area contributed by atoms with Crippen molar-refractivity contribution < 1.29 is 5.11 Å². The molecular weight excluding hydrogens is 258 g/mol. The van der Waals surface area contributed by atoms with Gasteiger partial charge in [-0.15, -0.1) is 0 Å². The Hall–Kier alpha value is -1.02. The Morgan fingerprint density at radius 2 is 1.81 bits per heavy atom. The molecule has 21 heavy (non-hydrogen) atoms. The minimum Gasteiger partial charge on any atom is -0.508 e. The minimum atomic E-state index is 0.334. The number of aromatic hydroxyl groups is 1. The van der Waals surface area contributed by atoms with E-state index in [2.05, 4.69) is 39.1 Å². The van der Waals surface area contributed by atoms with E-state index in [1.54, 1.807) is 0 Å². The number of aryl methyl sites for hydroxylation is 1. The van der Waals surface area contributed by atoms with Crippen molar-refractivity contribution in [3.8, 4) is 5.75 Å². The first kappa shape index (κ1) is 14.9. The third-order valence-electron chi connectivity index (χ3n) is 5.69. The van der Waals surface area contributed by atoms with E-state index in [4.69, 9.17) is 0 Å². The lowest BCUT2D eigenvalue weighted by atomic mass is 9.75. The molecule has 1 aromatic rings. The SMILES string of the molecule is Cc1ccc(O)c2c1C(C)CC2NC1CCC(C)(C)CC1. The van der Waals surface area contributed by atoms with E-state index in [1.165, 1.54) is 42.4 Å². The zero-order valence-corrected chi connectivity index (χ0v) is 13.9. The number of nitrogens with one attached hydrogen (secondary N) is 1. The van der Waals surface area contributed by atoms with E-state index in [-0.39, 0.29) is 0 Å². The summed E-state index contributed by atoms with van der Waals surface area (Å²) in [7, 11) is 0. The smallest absolute Gasteiger partial charge is 0.120 e. The van der Waals surface area contributed by atoms with Crippen LogP contribution in [0.1, 0.15) is 81.5 Å². The second-order valence-corrected chi connectivity index (χ2v) is 8.02. The molecule has 2 aliphatic carbocycles. The lowest BCUT2D eigenvalue weighted by Gasteiger charge is -2.36. The van der Waals surface area contributed by atoms with Gasteiger partial charge in [-0.25, -0.2) is 0 Å². The topological polar surface area (TPSA) is 32.3 Å². The van der Waals surface area contributed by atoms with E-state index >= 15 is 0 Å². The van der Waals surface area contributed by atoms with Crippen molar-refractivity contribution in [1.29, 1.82) is 0 Å². The fraction of sp³-hybridized carbons (Fsp3) is 0.684. The van der Waals surface area contributed by atoms with Crippen molar-refractivity contribution in [2.75, 3.05) is 0 Å². The summed E-state index contributed by atoms with van der Waals surface area (Å²) in [5, 5.41) is 14.2. The maximum Gasteiger partial charge on any atom is 0.120 e. The Morgan fingerprint density at radius 3 is 2.48 bits per heavy atom. The number of phenols is 1. The van der Waals surface area contributed by atoms with E-state index < -0.39 is 0 Å². The lowest BCUT2D eigenvalue weighted by Crippen LogP contribution is -2.37. The zero-order chi connectivity index (χ0) is 15.2. The van der Waals surface area contributed by atoms with Crippen LogP contribution in [0.5, 0.6) is 5.75 Å². The van der Waals surface area contributed by atoms with Crippen LogP contribution < -0.4 is 5.32 Å². The van der Waals surface area contributed by atoms with Crippen LogP contribution in [0.3, 0.4) is 0 Å². The Bertz CT molecular complexity index is 525. The van der Waals surface area contributed by atoms with Crippen molar-refractivity contribution in [2.45, 2.75) is 77.8 Å². The molecule has 116 valence electrons. The summed E-state index contributed by atoms with van der Waals surface area (Å²) in [4.78, 5) is 0. The second-order valence-electron chi connectivity index (χ2n) is 8.02. The molecule has 2 aliphatic rings. The van der Waals surface area contributed by atoms with Gasteiger partial charge in [-0.1, -0.05) is 26.8 Å². The molecule has 3 rings (SSSR count). The first-order chi connectivity index (χ1) is 9.87. The molecule has 0 spiro atoms. The Kier molecular flexibility index (Phi) is 3.77. The van der Waals surface area contributed by atoms with Crippen molar-refractivity contribution in [3.63, 3.8) is 0 Å². The van der Waals surface area contributed by atoms with Crippen LogP contribution in [0.15, 0.2) is 12.1 Å². The first-order valence-electron chi connectivity index (χ1n) is 8.46. The summed E-state index contributed by atoms with van der Waals surface area (Å²) >= 11 is 0. The molecule has 0 saturated heterocycles.